The van der Waals surface area contributed by atoms with Crippen molar-refractivity contribution in [2.75, 3.05) is 39.2 Å². The van der Waals surface area contributed by atoms with Crippen LogP contribution < -0.4 is 15.4 Å². The molecule has 164 valence electrons. The van der Waals surface area contributed by atoms with Gasteiger partial charge < -0.3 is 25.0 Å². The highest BCUT2D eigenvalue weighted by molar-refractivity contribution is 7.09. The van der Waals surface area contributed by atoms with Crippen LogP contribution in [0.25, 0.3) is 0 Å². The number of unbranched alkanes of at least 4 members (excludes halogenated alkanes) is 2. The minimum Gasteiger partial charge on any atom is -0.497 e. The summed E-state index contributed by atoms with van der Waals surface area (Å²) in [5.41, 5.74) is 1.04. The van der Waals surface area contributed by atoms with Crippen LogP contribution in [-0.4, -0.2) is 55.7 Å². The van der Waals surface area contributed by atoms with Gasteiger partial charge in [0.25, 0.3) is 5.91 Å². The molecule has 0 saturated carbocycles. The second-order valence-corrected chi connectivity index (χ2v) is 7.61. The number of benzene rings is 1. The number of anilines is 1. The van der Waals surface area contributed by atoms with E-state index in [1.165, 1.54) is 11.3 Å². The molecule has 8 nitrogen and oxygen atoms in total. The zero-order valence-electron chi connectivity index (χ0n) is 17.8. The van der Waals surface area contributed by atoms with Gasteiger partial charge in [-0.25, -0.2) is 9.78 Å². The van der Waals surface area contributed by atoms with E-state index in [0.29, 0.717) is 48.4 Å². The van der Waals surface area contributed by atoms with E-state index in [0.717, 1.165) is 19.3 Å². The van der Waals surface area contributed by atoms with Crippen LogP contribution in [0.5, 0.6) is 5.75 Å². The molecule has 0 spiro atoms. The van der Waals surface area contributed by atoms with E-state index in [4.69, 9.17) is 9.47 Å². The summed E-state index contributed by atoms with van der Waals surface area (Å²) in [7, 11) is 3.18. The first-order chi connectivity index (χ1) is 14.6. The van der Waals surface area contributed by atoms with Crippen LogP contribution in [0, 0.1) is 0 Å². The van der Waals surface area contributed by atoms with E-state index >= 15 is 0 Å². The maximum atomic E-state index is 12.7. The molecule has 0 aliphatic rings. The largest absolute Gasteiger partial charge is 0.497 e. The highest BCUT2D eigenvalue weighted by atomic mass is 32.1. The van der Waals surface area contributed by atoms with Gasteiger partial charge in [0.15, 0.2) is 0 Å². The Balaban J connectivity index is 1.97. The highest BCUT2D eigenvalue weighted by Gasteiger charge is 2.17. The van der Waals surface area contributed by atoms with Gasteiger partial charge in [0.1, 0.15) is 16.5 Å². The predicted octanol–water partition coefficient (Wildman–Crippen LogP) is 3.75. The second kappa shape index (κ2) is 12.8. The number of aromatic nitrogens is 1. The molecule has 0 aliphatic carbocycles. The second-order valence-electron chi connectivity index (χ2n) is 6.66. The molecule has 0 bridgehead atoms. The first kappa shape index (κ1) is 23.6. The van der Waals surface area contributed by atoms with E-state index in [-0.39, 0.29) is 11.9 Å². The lowest BCUT2D eigenvalue weighted by Gasteiger charge is -2.22. The smallest absolute Gasteiger partial charge is 0.322 e. The van der Waals surface area contributed by atoms with Crippen LogP contribution in [0.15, 0.2) is 29.6 Å². The van der Waals surface area contributed by atoms with Crippen LogP contribution >= 0.6 is 11.3 Å². The molecule has 0 saturated heterocycles. The lowest BCUT2D eigenvalue weighted by atomic mass is 10.2. The molecule has 9 heteroatoms. The predicted molar refractivity (Wildman–Crippen MR) is 118 cm³/mol. The number of nitrogens with zero attached hydrogens (tertiary/aromatic N) is 2. The summed E-state index contributed by atoms with van der Waals surface area (Å²) in [6.45, 7) is 3.85. The summed E-state index contributed by atoms with van der Waals surface area (Å²) in [6, 6.07) is 6.84. The van der Waals surface area contributed by atoms with Gasteiger partial charge in [-0.05, 0) is 30.7 Å². The molecule has 0 aliphatic heterocycles. The molecular formula is C21H30N4O4S. The van der Waals surface area contributed by atoms with Crippen molar-refractivity contribution < 1.29 is 19.1 Å². The minimum atomic E-state index is -0.266. The molecule has 1 heterocycles. The molecule has 0 atom stereocenters. The standard InChI is InChI=1S/C21H30N4O4S/c1-4-5-6-11-22-20(26)18-15-30-19(24-18)14-25(12-13-28-2)21(27)23-16-7-9-17(29-3)10-8-16/h7-10,15H,4-6,11-14H2,1-3H3,(H,22,26)(H,23,27). The zero-order valence-corrected chi connectivity index (χ0v) is 18.6. The third-order valence-corrected chi connectivity index (χ3v) is 5.20. The Morgan fingerprint density at radius 2 is 1.93 bits per heavy atom. The Labute approximate surface area is 181 Å². The number of hydrogen-bond acceptors (Lipinski definition) is 6. The van der Waals surface area contributed by atoms with Gasteiger partial charge in [-0.15, -0.1) is 11.3 Å². The molecule has 2 aromatic rings. The molecule has 0 fully saturated rings. The summed E-state index contributed by atoms with van der Waals surface area (Å²) >= 11 is 1.36. The van der Waals surface area contributed by atoms with Crippen molar-refractivity contribution in [1.29, 1.82) is 0 Å². The Morgan fingerprint density at radius 3 is 2.60 bits per heavy atom. The molecule has 0 unspecified atom stereocenters. The van der Waals surface area contributed by atoms with E-state index in [2.05, 4.69) is 22.5 Å². The fraction of sp³-hybridized carbons (Fsp3) is 0.476. The molecule has 0 radical (unpaired) electrons. The SMILES string of the molecule is CCCCCNC(=O)c1csc(CN(CCOC)C(=O)Nc2ccc(OC)cc2)n1. The fourth-order valence-corrected chi connectivity index (χ4v) is 3.44. The van der Waals surface area contributed by atoms with Gasteiger partial charge in [0.2, 0.25) is 0 Å². The number of nitrogens with one attached hydrogen (secondary N) is 2. The van der Waals surface area contributed by atoms with Crippen LogP contribution in [0.4, 0.5) is 10.5 Å². The maximum Gasteiger partial charge on any atom is 0.322 e. The van der Waals surface area contributed by atoms with Gasteiger partial charge in [-0.3, -0.25) is 4.79 Å². The third-order valence-electron chi connectivity index (χ3n) is 4.37. The summed E-state index contributed by atoms with van der Waals surface area (Å²) in [4.78, 5) is 31.0. The minimum absolute atomic E-state index is 0.181. The number of methoxy groups -OCH3 is 2. The summed E-state index contributed by atoms with van der Waals surface area (Å²) in [5.74, 6) is 0.534. The van der Waals surface area contributed by atoms with Crippen molar-refractivity contribution in [3.63, 3.8) is 0 Å². The average Bonchev–Trinajstić information content (AvgIpc) is 3.23. The fourth-order valence-electron chi connectivity index (χ4n) is 2.65. The topological polar surface area (TPSA) is 92.8 Å². The normalized spacial score (nSPS) is 10.5. The Morgan fingerprint density at radius 1 is 1.17 bits per heavy atom. The summed E-state index contributed by atoms with van der Waals surface area (Å²) < 4.78 is 10.3. The quantitative estimate of drug-likeness (QED) is 0.496. The van der Waals surface area contributed by atoms with Crippen LogP contribution in [-0.2, 0) is 11.3 Å². The van der Waals surface area contributed by atoms with Crippen LogP contribution in [0.3, 0.4) is 0 Å². The van der Waals surface area contributed by atoms with Gasteiger partial charge in [-0.2, -0.15) is 0 Å². The first-order valence-electron chi connectivity index (χ1n) is 9.98. The average molecular weight is 435 g/mol. The molecule has 2 rings (SSSR count). The number of carbonyl (C=O) groups excluding carboxylic acids is 2. The van der Waals surface area contributed by atoms with Crippen molar-refractivity contribution in [2.24, 2.45) is 0 Å². The highest BCUT2D eigenvalue weighted by Crippen LogP contribution is 2.17. The lowest BCUT2D eigenvalue weighted by molar-refractivity contribution is 0.0948. The van der Waals surface area contributed by atoms with E-state index in [9.17, 15) is 9.59 Å². The van der Waals surface area contributed by atoms with Crippen molar-refractivity contribution >= 4 is 29.0 Å². The monoisotopic (exact) mass is 434 g/mol. The van der Waals surface area contributed by atoms with Crippen molar-refractivity contribution in [3.05, 3.63) is 40.3 Å². The number of hydrogen-bond donors (Lipinski definition) is 2. The van der Waals surface area contributed by atoms with Crippen LogP contribution in [0.2, 0.25) is 0 Å². The van der Waals surface area contributed by atoms with Gasteiger partial charge in [0, 0.05) is 31.3 Å². The van der Waals surface area contributed by atoms with Crippen LogP contribution in [0.1, 0.15) is 41.7 Å². The maximum absolute atomic E-state index is 12.7. The first-order valence-corrected chi connectivity index (χ1v) is 10.9. The number of rotatable bonds is 12. The summed E-state index contributed by atoms with van der Waals surface area (Å²) in [5, 5.41) is 8.16. The molecular weight excluding hydrogens is 404 g/mol. The Kier molecular flexibility index (Phi) is 10.1. The molecule has 2 N–H and O–H groups in total. The number of thiazole rings is 1. The van der Waals surface area contributed by atoms with Crippen molar-refractivity contribution in [1.82, 2.24) is 15.2 Å². The van der Waals surface area contributed by atoms with E-state index < -0.39 is 0 Å². The number of amides is 3. The van der Waals surface area contributed by atoms with E-state index in [1.54, 1.807) is 48.8 Å². The zero-order chi connectivity index (χ0) is 21.8. The lowest BCUT2D eigenvalue weighted by Crippen LogP contribution is -2.36. The molecule has 1 aromatic carbocycles. The molecule has 1 aromatic heterocycles. The number of carbonyl (C=O) groups is 2. The van der Waals surface area contributed by atoms with Gasteiger partial charge >= 0.3 is 6.03 Å². The molecule has 30 heavy (non-hydrogen) atoms. The molecule has 3 amide bonds. The Hall–Kier alpha value is -2.65. The van der Waals surface area contributed by atoms with Gasteiger partial charge in [-0.1, -0.05) is 19.8 Å². The van der Waals surface area contributed by atoms with Gasteiger partial charge in [0.05, 0.1) is 20.3 Å². The number of urea groups is 1. The Bertz CT molecular complexity index is 795. The summed E-state index contributed by atoms with van der Waals surface area (Å²) in [6.07, 6.45) is 3.14. The van der Waals surface area contributed by atoms with Crippen molar-refractivity contribution in [3.8, 4) is 5.75 Å². The number of ether oxygens (including phenoxy) is 2. The van der Waals surface area contributed by atoms with E-state index in [1.807, 2.05) is 0 Å². The third kappa shape index (κ3) is 7.64. The van der Waals surface area contributed by atoms with Crippen molar-refractivity contribution in [2.45, 2.75) is 32.7 Å².